The van der Waals surface area contributed by atoms with E-state index in [2.05, 4.69) is 5.10 Å². The van der Waals surface area contributed by atoms with Crippen molar-refractivity contribution < 1.29 is 4.73 Å². The molecular weight excluding hydrogens is 238 g/mol. The Balaban J connectivity index is 2.17. The summed E-state index contributed by atoms with van der Waals surface area (Å²) in [4.78, 5) is 0. The van der Waals surface area contributed by atoms with Gasteiger partial charge in [0, 0.05) is 23.4 Å². The van der Waals surface area contributed by atoms with E-state index in [1.165, 1.54) is 6.20 Å². The molecule has 0 amide bonds. The summed E-state index contributed by atoms with van der Waals surface area (Å²) in [5.41, 5.74) is 3.92. The molecule has 0 aliphatic rings. The zero-order valence-corrected chi connectivity index (χ0v) is 10.5. The lowest BCUT2D eigenvalue weighted by Gasteiger charge is -2.09. The van der Waals surface area contributed by atoms with Crippen LogP contribution in [0.5, 0.6) is 0 Å². The van der Waals surface area contributed by atoms with E-state index in [0.29, 0.717) is 0 Å². The van der Waals surface area contributed by atoms with Crippen LogP contribution in [0.1, 0.15) is 5.56 Å². The number of para-hydroxylation sites is 1. The van der Waals surface area contributed by atoms with E-state index in [4.69, 9.17) is 0 Å². The third kappa shape index (κ3) is 2.20. The van der Waals surface area contributed by atoms with Crippen molar-refractivity contribution in [1.29, 1.82) is 0 Å². The Morgan fingerprint density at radius 1 is 1.16 bits per heavy atom. The Morgan fingerprint density at radius 3 is 2.74 bits per heavy atom. The maximum Gasteiger partial charge on any atom is 0.188 e. The highest BCUT2D eigenvalue weighted by Gasteiger charge is 2.09. The van der Waals surface area contributed by atoms with E-state index >= 15 is 0 Å². The molecule has 1 aromatic carbocycles. The second-order valence-electron chi connectivity index (χ2n) is 4.43. The van der Waals surface area contributed by atoms with Gasteiger partial charge in [-0.05, 0) is 24.6 Å². The third-order valence-electron chi connectivity index (χ3n) is 2.95. The van der Waals surface area contributed by atoms with Gasteiger partial charge in [-0.15, -0.1) is 0 Å². The number of aryl methyl sites for hydroxylation is 1. The van der Waals surface area contributed by atoms with E-state index in [1.807, 2.05) is 54.3 Å². The average Bonchev–Trinajstić information content (AvgIpc) is 2.85. The first kappa shape index (κ1) is 11.5. The first-order valence-corrected chi connectivity index (χ1v) is 6.04. The standard InChI is InChI=1S/C15H13N3O/c1-12-9-16-18(10-12)15-7-3-2-6-14(15)13-5-4-8-17(19)11-13/h2-11H,1H3. The predicted molar refractivity (Wildman–Crippen MR) is 72.7 cm³/mol. The molecular formula is C15H13N3O. The molecule has 4 heteroatoms. The molecule has 3 aromatic rings. The van der Waals surface area contributed by atoms with Crippen LogP contribution in [0.25, 0.3) is 16.8 Å². The molecule has 0 aliphatic heterocycles. The predicted octanol–water partition coefficient (Wildman–Crippen LogP) is 2.48. The molecule has 0 unspecified atom stereocenters. The fourth-order valence-electron chi connectivity index (χ4n) is 2.08. The molecule has 0 spiro atoms. The Labute approximate surface area is 111 Å². The van der Waals surface area contributed by atoms with Gasteiger partial charge >= 0.3 is 0 Å². The summed E-state index contributed by atoms with van der Waals surface area (Å²) in [6.45, 7) is 2.00. The van der Waals surface area contributed by atoms with Gasteiger partial charge in [-0.1, -0.05) is 18.2 Å². The molecule has 4 nitrogen and oxygen atoms in total. The average molecular weight is 251 g/mol. The van der Waals surface area contributed by atoms with Crippen molar-refractivity contribution in [3.63, 3.8) is 0 Å². The zero-order valence-electron chi connectivity index (χ0n) is 10.5. The lowest BCUT2D eigenvalue weighted by atomic mass is 10.1. The molecule has 0 aliphatic carbocycles. The molecule has 2 heterocycles. The molecule has 3 rings (SSSR count). The summed E-state index contributed by atoms with van der Waals surface area (Å²) in [7, 11) is 0. The molecule has 0 radical (unpaired) electrons. The van der Waals surface area contributed by atoms with Gasteiger partial charge in [0.05, 0.1) is 11.9 Å². The summed E-state index contributed by atoms with van der Waals surface area (Å²) in [5.74, 6) is 0. The topological polar surface area (TPSA) is 44.8 Å². The van der Waals surface area contributed by atoms with Crippen molar-refractivity contribution in [3.8, 4) is 16.8 Å². The number of pyridine rings is 1. The molecule has 0 bridgehead atoms. The van der Waals surface area contributed by atoms with Gasteiger partial charge in [-0.25, -0.2) is 4.68 Å². The number of rotatable bonds is 2. The van der Waals surface area contributed by atoms with Crippen LogP contribution in [0.15, 0.2) is 61.2 Å². The minimum atomic E-state index is 0.806. The molecule has 0 saturated heterocycles. The van der Waals surface area contributed by atoms with Crippen molar-refractivity contribution >= 4 is 0 Å². The van der Waals surface area contributed by atoms with Gasteiger partial charge in [-0.2, -0.15) is 9.83 Å². The second-order valence-corrected chi connectivity index (χ2v) is 4.43. The van der Waals surface area contributed by atoms with E-state index in [0.717, 1.165) is 27.1 Å². The fourth-order valence-corrected chi connectivity index (χ4v) is 2.08. The highest BCUT2D eigenvalue weighted by molar-refractivity contribution is 5.71. The van der Waals surface area contributed by atoms with Crippen LogP contribution in [-0.4, -0.2) is 9.78 Å². The number of benzene rings is 1. The van der Waals surface area contributed by atoms with E-state index in [-0.39, 0.29) is 0 Å². The Hall–Kier alpha value is -2.62. The minimum absolute atomic E-state index is 0.806. The molecule has 0 atom stereocenters. The van der Waals surface area contributed by atoms with Crippen molar-refractivity contribution in [2.45, 2.75) is 6.92 Å². The molecule has 94 valence electrons. The maximum absolute atomic E-state index is 11.4. The zero-order chi connectivity index (χ0) is 13.2. The van der Waals surface area contributed by atoms with Gasteiger partial charge in [0.2, 0.25) is 0 Å². The minimum Gasteiger partial charge on any atom is -0.619 e. The van der Waals surface area contributed by atoms with Gasteiger partial charge in [0.25, 0.3) is 0 Å². The summed E-state index contributed by atoms with van der Waals surface area (Å²) < 4.78 is 2.63. The number of hydrogen-bond acceptors (Lipinski definition) is 2. The van der Waals surface area contributed by atoms with Crippen molar-refractivity contribution in [2.75, 3.05) is 0 Å². The Kier molecular flexibility index (Phi) is 2.76. The van der Waals surface area contributed by atoms with Crippen LogP contribution in [-0.2, 0) is 0 Å². The Bertz CT molecular complexity index is 719. The van der Waals surface area contributed by atoms with E-state index in [9.17, 15) is 5.21 Å². The fraction of sp³-hybridized carbons (Fsp3) is 0.0667. The lowest BCUT2D eigenvalue weighted by Crippen LogP contribution is -2.24. The van der Waals surface area contributed by atoms with Crippen molar-refractivity contribution in [2.24, 2.45) is 0 Å². The SMILES string of the molecule is Cc1cnn(-c2ccccc2-c2ccc[n+]([O-])c2)c1. The monoisotopic (exact) mass is 251 g/mol. The molecule has 0 saturated carbocycles. The molecule has 0 N–H and O–H groups in total. The summed E-state index contributed by atoms with van der Waals surface area (Å²) in [6, 6.07) is 11.6. The van der Waals surface area contributed by atoms with Gasteiger partial charge in [-0.3, -0.25) is 0 Å². The first-order valence-electron chi connectivity index (χ1n) is 6.04. The Morgan fingerprint density at radius 2 is 2.00 bits per heavy atom. The van der Waals surface area contributed by atoms with Crippen molar-refractivity contribution in [1.82, 2.24) is 9.78 Å². The largest absolute Gasteiger partial charge is 0.619 e. The van der Waals surface area contributed by atoms with E-state index in [1.54, 1.807) is 12.3 Å². The smallest absolute Gasteiger partial charge is 0.188 e. The van der Waals surface area contributed by atoms with Crippen LogP contribution in [0.4, 0.5) is 0 Å². The van der Waals surface area contributed by atoms with Crippen LogP contribution < -0.4 is 4.73 Å². The van der Waals surface area contributed by atoms with Crippen LogP contribution in [0.3, 0.4) is 0 Å². The van der Waals surface area contributed by atoms with E-state index < -0.39 is 0 Å². The highest BCUT2D eigenvalue weighted by Crippen LogP contribution is 2.25. The summed E-state index contributed by atoms with van der Waals surface area (Å²) in [6.07, 6.45) is 6.82. The first-order chi connectivity index (χ1) is 9.24. The quantitative estimate of drug-likeness (QED) is 0.519. The number of nitrogens with zero attached hydrogens (tertiary/aromatic N) is 3. The molecule has 19 heavy (non-hydrogen) atoms. The van der Waals surface area contributed by atoms with Gasteiger partial charge < -0.3 is 5.21 Å². The maximum atomic E-state index is 11.4. The highest BCUT2D eigenvalue weighted by atomic mass is 16.5. The van der Waals surface area contributed by atoms with Crippen LogP contribution >= 0.6 is 0 Å². The molecule has 2 aromatic heterocycles. The van der Waals surface area contributed by atoms with Gasteiger partial charge in [0.15, 0.2) is 12.4 Å². The number of aromatic nitrogens is 3. The lowest BCUT2D eigenvalue weighted by molar-refractivity contribution is -0.604. The van der Waals surface area contributed by atoms with Crippen molar-refractivity contribution in [3.05, 3.63) is 72.0 Å². The summed E-state index contributed by atoms with van der Waals surface area (Å²) >= 11 is 0. The van der Waals surface area contributed by atoms with Gasteiger partial charge in [0.1, 0.15) is 0 Å². The second kappa shape index (κ2) is 4.57. The van der Waals surface area contributed by atoms with Crippen LogP contribution in [0.2, 0.25) is 0 Å². The van der Waals surface area contributed by atoms with Crippen LogP contribution in [0, 0.1) is 12.1 Å². The third-order valence-corrected chi connectivity index (χ3v) is 2.95. The normalized spacial score (nSPS) is 10.6. The number of hydrogen-bond donors (Lipinski definition) is 0. The molecule has 0 fully saturated rings. The summed E-state index contributed by atoms with van der Waals surface area (Å²) in [5, 5.41) is 15.7.